The van der Waals surface area contributed by atoms with Crippen LogP contribution in [0, 0.1) is 11.3 Å². The van der Waals surface area contributed by atoms with Crippen LogP contribution in [-0.4, -0.2) is 16.7 Å². The van der Waals surface area contributed by atoms with Gasteiger partial charge in [0.2, 0.25) is 0 Å². The summed E-state index contributed by atoms with van der Waals surface area (Å²) < 4.78 is 0. The van der Waals surface area contributed by atoms with Crippen LogP contribution >= 0.6 is 11.3 Å². The van der Waals surface area contributed by atoms with E-state index in [0.29, 0.717) is 5.92 Å². The molecule has 0 aliphatic heterocycles. The third-order valence-corrected chi connectivity index (χ3v) is 4.65. The van der Waals surface area contributed by atoms with Gasteiger partial charge in [0.05, 0.1) is 10.7 Å². The maximum absolute atomic E-state index is 9.60. The summed E-state index contributed by atoms with van der Waals surface area (Å²) in [6, 6.07) is 0. The molecule has 0 spiro atoms. The largest absolute Gasteiger partial charge is 0.396 e. The summed E-state index contributed by atoms with van der Waals surface area (Å²) in [5.74, 6) is 0.703. The van der Waals surface area contributed by atoms with Crippen LogP contribution in [0.4, 0.5) is 0 Å². The molecule has 1 aromatic heterocycles. The molecule has 1 N–H and O–H groups in total. The predicted molar refractivity (Wildman–Crippen MR) is 72.4 cm³/mol. The van der Waals surface area contributed by atoms with Gasteiger partial charge in [0.25, 0.3) is 0 Å². The van der Waals surface area contributed by atoms with Crippen molar-refractivity contribution in [3.05, 3.63) is 16.1 Å². The Morgan fingerprint density at radius 3 is 2.41 bits per heavy atom. The van der Waals surface area contributed by atoms with E-state index in [2.05, 4.69) is 33.1 Å². The molecule has 96 valence electrons. The van der Waals surface area contributed by atoms with Gasteiger partial charge in [-0.2, -0.15) is 0 Å². The molecule has 2 rings (SSSR count). The van der Waals surface area contributed by atoms with Crippen LogP contribution in [-0.2, 0) is 11.8 Å². The van der Waals surface area contributed by atoms with Crippen molar-refractivity contribution in [3.63, 3.8) is 0 Å². The van der Waals surface area contributed by atoms with Gasteiger partial charge >= 0.3 is 0 Å². The van der Waals surface area contributed by atoms with Crippen LogP contribution in [0.5, 0.6) is 0 Å². The van der Waals surface area contributed by atoms with Gasteiger partial charge in [-0.1, -0.05) is 27.7 Å². The molecule has 0 radical (unpaired) electrons. The van der Waals surface area contributed by atoms with E-state index in [1.807, 2.05) is 0 Å². The Balaban J connectivity index is 2.10. The van der Waals surface area contributed by atoms with Gasteiger partial charge in [-0.3, -0.25) is 0 Å². The van der Waals surface area contributed by atoms with E-state index in [4.69, 9.17) is 4.98 Å². The van der Waals surface area contributed by atoms with Gasteiger partial charge in [-0.25, -0.2) is 4.98 Å². The predicted octanol–water partition coefficient (Wildman–Crippen LogP) is 3.39. The number of aliphatic hydroxyl groups excluding tert-OH is 1. The van der Waals surface area contributed by atoms with Crippen LogP contribution in [0.3, 0.4) is 0 Å². The number of thiazole rings is 1. The van der Waals surface area contributed by atoms with Crippen molar-refractivity contribution in [2.75, 3.05) is 6.61 Å². The van der Waals surface area contributed by atoms with E-state index < -0.39 is 0 Å². The van der Waals surface area contributed by atoms with Crippen LogP contribution in [0.2, 0.25) is 0 Å². The van der Waals surface area contributed by atoms with Crippen LogP contribution in [0.25, 0.3) is 0 Å². The second kappa shape index (κ2) is 4.36. The first-order valence-electron chi connectivity index (χ1n) is 6.41. The van der Waals surface area contributed by atoms with Crippen LogP contribution in [0.1, 0.15) is 51.2 Å². The van der Waals surface area contributed by atoms with Gasteiger partial charge in [-0.15, -0.1) is 11.3 Å². The fourth-order valence-electron chi connectivity index (χ4n) is 2.19. The molecule has 1 heterocycles. The standard InChI is InChI=1S/C14H23NOS/c1-13(2,3)11-8-17-12(15-11)7-14(4,9-16)10-5-6-10/h8,10,16H,5-7,9H2,1-4H3. The van der Waals surface area contributed by atoms with Crippen molar-refractivity contribution in [2.24, 2.45) is 11.3 Å². The monoisotopic (exact) mass is 253 g/mol. The normalized spacial score (nSPS) is 20.3. The number of rotatable bonds is 4. The first-order valence-corrected chi connectivity index (χ1v) is 7.29. The Morgan fingerprint density at radius 1 is 1.35 bits per heavy atom. The number of aromatic nitrogens is 1. The highest BCUT2D eigenvalue weighted by Gasteiger charge is 2.41. The maximum Gasteiger partial charge on any atom is 0.0934 e. The van der Waals surface area contributed by atoms with Gasteiger partial charge in [-0.05, 0) is 24.2 Å². The highest BCUT2D eigenvalue weighted by molar-refractivity contribution is 7.09. The second-order valence-corrected chi connectivity index (χ2v) is 7.58. The number of hydrogen-bond acceptors (Lipinski definition) is 3. The summed E-state index contributed by atoms with van der Waals surface area (Å²) in [5.41, 5.74) is 1.35. The molecule has 17 heavy (non-hydrogen) atoms. The summed E-state index contributed by atoms with van der Waals surface area (Å²) in [5, 5.41) is 12.9. The molecule has 0 amide bonds. The average molecular weight is 253 g/mol. The van der Waals surface area contributed by atoms with E-state index in [0.717, 1.165) is 6.42 Å². The number of hydrogen-bond donors (Lipinski definition) is 1. The fourth-order valence-corrected chi connectivity index (χ4v) is 3.41. The molecule has 0 bridgehead atoms. The molecule has 2 nitrogen and oxygen atoms in total. The van der Waals surface area contributed by atoms with Crippen LogP contribution < -0.4 is 0 Å². The summed E-state index contributed by atoms with van der Waals surface area (Å²) in [6.07, 6.45) is 3.47. The van der Waals surface area contributed by atoms with E-state index >= 15 is 0 Å². The fraction of sp³-hybridized carbons (Fsp3) is 0.786. The minimum Gasteiger partial charge on any atom is -0.396 e. The second-order valence-electron chi connectivity index (χ2n) is 6.64. The molecule has 1 atom stereocenters. The van der Waals surface area contributed by atoms with Crippen molar-refractivity contribution in [1.82, 2.24) is 4.98 Å². The summed E-state index contributed by atoms with van der Waals surface area (Å²) in [7, 11) is 0. The maximum atomic E-state index is 9.60. The Bertz CT molecular complexity index is 389. The lowest BCUT2D eigenvalue weighted by molar-refractivity contribution is 0.119. The topological polar surface area (TPSA) is 33.1 Å². The Hall–Kier alpha value is -0.410. The lowest BCUT2D eigenvalue weighted by atomic mass is 9.82. The lowest BCUT2D eigenvalue weighted by Crippen LogP contribution is -2.27. The molecule has 0 saturated heterocycles. The van der Waals surface area contributed by atoms with E-state index in [1.165, 1.54) is 23.5 Å². The van der Waals surface area contributed by atoms with Crippen molar-refractivity contribution >= 4 is 11.3 Å². The van der Waals surface area contributed by atoms with Crippen molar-refractivity contribution in [3.8, 4) is 0 Å². The molecular formula is C14H23NOS. The first kappa shape index (κ1) is 13.0. The Morgan fingerprint density at radius 2 is 2.00 bits per heavy atom. The number of aliphatic hydroxyl groups is 1. The molecule has 1 aliphatic carbocycles. The highest BCUT2D eigenvalue weighted by atomic mass is 32.1. The summed E-state index contributed by atoms with van der Waals surface area (Å²) >= 11 is 1.74. The van der Waals surface area contributed by atoms with E-state index in [1.54, 1.807) is 11.3 Å². The van der Waals surface area contributed by atoms with Gasteiger partial charge in [0.1, 0.15) is 0 Å². The molecule has 1 aromatic rings. The summed E-state index contributed by atoms with van der Waals surface area (Å²) in [6.45, 7) is 9.05. The van der Waals surface area contributed by atoms with E-state index in [-0.39, 0.29) is 17.4 Å². The third-order valence-electron chi connectivity index (χ3n) is 3.80. The minimum atomic E-state index is 0.0486. The average Bonchev–Trinajstić information content (AvgIpc) is 2.99. The zero-order valence-corrected chi connectivity index (χ0v) is 12.1. The molecule has 1 saturated carbocycles. The zero-order chi connectivity index (χ0) is 12.7. The highest BCUT2D eigenvalue weighted by Crippen LogP contribution is 2.47. The van der Waals surface area contributed by atoms with Gasteiger partial charge < -0.3 is 5.11 Å². The molecule has 1 unspecified atom stereocenters. The van der Waals surface area contributed by atoms with Gasteiger partial charge in [0.15, 0.2) is 0 Å². The lowest BCUT2D eigenvalue weighted by Gasteiger charge is -2.26. The van der Waals surface area contributed by atoms with Crippen molar-refractivity contribution < 1.29 is 5.11 Å². The third kappa shape index (κ3) is 2.89. The molecule has 0 aromatic carbocycles. The van der Waals surface area contributed by atoms with Crippen molar-refractivity contribution in [1.29, 1.82) is 0 Å². The molecule has 1 aliphatic rings. The molecule has 1 fully saturated rings. The SMILES string of the molecule is CC(C)(C)c1csc(CC(C)(CO)C2CC2)n1. The summed E-state index contributed by atoms with van der Waals surface area (Å²) in [4.78, 5) is 4.73. The van der Waals surface area contributed by atoms with Crippen molar-refractivity contribution in [2.45, 2.75) is 52.4 Å². The van der Waals surface area contributed by atoms with Crippen LogP contribution in [0.15, 0.2) is 5.38 Å². The zero-order valence-electron chi connectivity index (χ0n) is 11.3. The quantitative estimate of drug-likeness (QED) is 0.892. The van der Waals surface area contributed by atoms with Gasteiger partial charge in [0, 0.05) is 23.8 Å². The molecule has 3 heteroatoms. The Labute approximate surface area is 108 Å². The van der Waals surface area contributed by atoms with E-state index in [9.17, 15) is 5.11 Å². The molecular weight excluding hydrogens is 230 g/mol. The smallest absolute Gasteiger partial charge is 0.0934 e. The number of nitrogens with zero attached hydrogens (tertiary/aromatic N) is 1. The minimum absolute atomic E-state index is 0.0486. The first-order chi connectivity index (χ1) is 7.85. The Kier molecular flexibility index (Phi) is 3.34.